The summed E-state index contributed by atoms with van der Waals surface area (Å²) in [4.78, 5) is 0. The lowest BCUT2D eigenvalue weighted by molar-refractivity contribution is 0.166. The summed E-state index contributed by atoms with van der Waals surface area (Å²) in [5.74, 6) is 0. The Bertz CT molecular complexity index is 96.5. The van der Waals surface area contributed by atoms with Crippen LogP contribution >= 0.6 is 0 Å². The van der Waals surface area contributed by atoms with E-state index in [-0.39, 0.29) is 13.2 Å². The van der Waals surface area contributed by atoms with Crippen LogP contribution in [0.25, 0.3) is 0 Å². The smallest absolute Gasteiger partial charge is 0.110 e. The highest BCUT2D eigenvalue weighted by atomic mass is 16.5. The Hall–Kier alpha value is -0.960. The number of rotatable bonds is 4. The molecule has 0 fully saturated rings. The Morgan fingerprint density at radius 3 is 2.67 bits per heavy atom. The van der Waals surface area contributed by atoms with Crippen molar-refractivity contribution in [1.29, 1.82) is 0 Å². The van der Waals surface area contributed by atoms with E-state index in [1.165, 1.54) is 18.4 Å². The zero-order valence-corrected chi connectivity index (χ0v) is 5.03. The van der Waals surface area contributed by atoms with Crippen molar-refractivity contribution in [2.45, 2.75) is 0 Å². The first-order chi connectivity index (χ1) is 4.41. The molecule has 0 aromatic heterocycles. The van der Waals surface area contributed by atoms with E-state index in [1.54, 1.807) is 0 Å². The molecule has 0 aliphatic heterocycles. The minimum absolute atomic E-state index is 0.00712. The van der Waals surface area contributed by atoms with Gasteiger partial charge in [0.15, 0.2) is 0 Å². The normalized spacial score (nSPS) is 11.2. The molecule has 52 valence electrons. The summed E-state index contributed by atoms with van der Waals surface area (Å²) >= 11 is 0. The molecule has 3 nitrogen and oxygen atoms in total. The van der Waals surface area contributed by atoms with Crippen molar-refractivity contribution in [3.63, 3.8) is 0 Å². The van der Waals surface area contributed by atoms with Crippen molar-refractivity contribution in [1.82, 2.24) is 0 Å². The summed E-state index contributed by atoms with van der Waals surface area (Å²) < 4.78 is 4.69. The molecule has 0 radical (unpaired) electrons. The number of aliphatic hydroxyl groups excluding tert-OH is 2. The second-order valence-corrected chi connectivity index (χ2v) is 1.26. The lowest BCUT2D eigenvalue weighted by atomic mass is 10.6. The van der Waals surface area contributed by atoms with E-state index in [9.17, 15) is 0 Å². The van der Waals surface area contributed by atoms with Gasteiger partial charge >= 0.3 is 0 Å². The molecule has 0 aliphatic rings. The van der Waals surface area contributed by atoms with Gasteiger partial charge in [0, 0.05) is 0 Å². The van der Waals surface area contributed by atoms with E-state index < -0.39 is 0 Å². The van der Waals surface area contributed by atoms with Gasteiger partial charge in [-0.1, -0.05) is 0 Å². The molecule has 2 N–H and O–H groups in total. The van der Waals surface area contributed by atoms with E-state index in [1.807, 2.05) is 0 Å². The van der Waals surface area contributed by atoms with Gasteiger partial charge in [-0.2, -0.15) is 0 Å². The Kier molecular flexibility index (Phi) is 6.29. The molecule has 0 heterocycles. The van der Waals surface area contributed by atoms with Crippen molar-refractivity contribution in [3.05, 3.63) is 24.7 Å². The number of hydrogen-bond donors (Lipinski definition) is 2. The van der Waals surface area contributed by atoms with Gasteiger partial charge in [-0.3, -0.25) is 0 Å². The van der Waals surface area contributed by atoms with Gasteiger partial charge in [0.1, 0.15) is 6.61 Å². The lowest BCUT2D eigenvalue weighted by Crippen LogP contribution is -1.91. The van der Waals surface area contributed by atoms with E-state index >= 15 is 0 Å². The Balaban J connectivity index is 3.04. The average molecular weight is 130 g/mol. The maximum Gasteiger partial charge on any atom is 0.110 e. The molecule has 0 saturated heterocycles. The van der Waals surface area contributed by atoms with Crippen molar-refractivity contribution < 1.29 is 14.9 Å². The quantitative estimate of drug-likeness (QED) is 0.332. The second kappa shape index (κ2) is 7.04. The highest BCUT2D eigenvalue weighted by Crippen LogP contribution is 1.77. The minimum Gasteiger partial charge on any atom is -0.516 e. The van der Waals surface area contributed by atoms with Gasteiger partial charge in [-0.25, -0.2) is 0 Å². The molecule has 0 aromatic carbocycles. The molecule has 0 saturated carbocycles. The standard InChI is InChI=1S/C6H10O3/c7-3-1-2-5-9-6-4-8/h1-3,5,7-8H,4,6H2. The van der Waals surface area contributed by atoms with Crippen LogP contribution in [0.3, 0.4) is 0 Å². The summed E-state index contributed by atoms with van der Waals surface area (Å²) in [5.41, 5.74) is 0. The van der Waals surface area contributed by atoms with Gasteiger partial charge in [0.25, 0.3) is 0 Å². The summed E-state index contributed by atoms with van der Waals surface area (Å²) in [7, 11) is 0. The molecule has 0 rings (SSSR count). The molecule has 0 unspecified atom stereocenters. The SMILES string of the molecule is OC=CC=COCCO. The predicted octanol–water partition coefficient (Wildman–Crippen LogP) is 0.581. The molecule has 0 bridgehead atoms. The third-order valence-corrected chi connectivity index (χ3v) is 0.581. The molecule has 0 spiro atoms. The molecule has 0 amide bonds. The Labute approximate surface area is 53.9 Å². The molecule has 0 atom stereocenters. The van der Waals surface area contributed by atoms with Crippen LogP contribution in [-0.2, 0) is 4.74 Å². The summed E-state index contributed by atoms with van der Waals surface area (Å²) in [6.07, 6.45) is 5.23. The van der Waals surface area contributed by atoms with E-state index in [0.717, 1.165) is 6.26 Å². The second-order valence-electron chi connectivity index (χ2n) is 1.26. The van der Waals surface area contributed by atoms with E-state index in [2.05, 4.69) is 0 Å². The fraction of sp³-hybridized carbons (Fsp3) is 0.333. The molecule has 0 aliphatic carbocycles. The summed E-state index contributed by atoms with van der Waals surface area (Å²) in [6.45, 7) is 0.295. The molecule has 0 aromatic rings. The van der Waals surface area contributed by atoms with E-state index in [4.69, 9.17) is 14.9 Å². The van der Waals surface area contributed by atoms with Crippen molar-refractivity contribution in [2.75, 3.05) is 13.2 Å². The number of ether oxygens (including phenoxy) is 1. The van der Waals surface area contributed by atoms with Crippen LogP contribution in [0, 0.1) is 0 Å². The minimum atomic E-state index is 0.00712. The number of allylic oxidation sites excluding steroid dienone is 2. The van der Waals surface area contributed by atoms with Crippen LogP contribution in [0.5, 0.6) is 0 Å². The predicted molar refractivity (Wildman–Crippen MR) is 33.9 cm³/mol. The summed E-state index contributed by atoms with van der Waals surface area (Å²) in [6, 6.07) is 0. The highest BCUT2D eigenvalue weighted by Gasteiger charge is 1.72. The average Bonchev–Trinajstić information content (AvgIpc) is 1.89. The lowest BCUT2D eigenvalue weighted by Gasteiger charge is -1.91. The van der Waals surface area contributed by atoms with Crippen molar-refractivity contribution >= 4 is 0 Å². The van der Waals surface area contributed by atoms with Crippen LogP contribution in [0.2, 0.25) is 0 Å². The Morgan fingerprint density at radius 2 is 2.11 bits per heavy atom. The molecule has 9 heavy (non-hydrogen) atoms. The number of aliphatic hydroxyl groups is 2. The van der Waals surface area contributed by atoms with Gasteiger partial charge in [-0.15, -0.1) is 0 Å². The Morgan fingerprint density at radius 1 is 1.33 bits per heavy atom. The van der Waals surface area contributed by atoms with Crippen LogP contribution in [-0.4, -0.2) is 23.4 Å². The monoisotopic (exact) mass is 130 g/mol. The van der Waals surface area contributed by atoms with Gasteiger partial charge < -0.3 is 14.9 Å². The van der Waals surface area contributed by atoms with Gasteiger partial charge in [-0.05, 0) is 12.2 Å². The van der Waals surface area contributed by atoms with Crippen LogP contribution < -0.4 is 0 Å². The first-order valence-electron chi connectivity index (χ1n) is 2.60. The number of hydrogen-bond acceptors (Lipinski definition) is 3. The first kappa shape index (κ1) is 8.04. The molecular weight excluding hydrogens is 120 g/mol. The fourth-order valence-corrected chi connectivity index (χ4v) is 0.271. The third kappa shape index (κ3) is 7.04. The third-order valence-electron chi connectivity index (χ3n) is 0.581. The molecular formula is C6H10O3. The first-order valence-corrected chi connectivity index (χ1v) is 2.60. The topological polar surface area (TPSA) is 49.7 Å². The fourth-order valence-electron chi connectivity index (χ4n) is 0.271. The van der Waals surface area contributed by atoms with Gasteiger partial charge in [0.2, 0.25) is 0 Å². The van der Waals surface area contributed by atoms with Crippen LogP contribution in [0.15, 0.2) is 24.7 Å². The van der Waals surface area contributed by atoms with Crippen molar-refractivity contribution in [3.8, 4) is 0 Å². The van der Waals surface area contributed by atoms with Crippen molar-refractivity contribution in [2.24, 2.45) is 0 Å². The summed E-state index contributed by atoms with van der Waals surface area (Å²) in [5, 5.41) is 16.3. The van der Waals surface area contributed by atoms with Gasteiger partial charge in [0.05, 0.1) is 19.1 Å². The largest absolute Gasteiger partial charge is 0.516 e. The highest BCUT2D eigenvalue weighted by molar-refractivity contribution is 4.95. The zero-order valence-electron chi connectivity index (χ0n) is 5.03. The van der Waals surface area contributed by atoms with Crippen LogP contribution in [0.4, 0.5) is 0 Å². The maximum atomic E-state index is 8.20. The molecule has 3 heteroatoms. The zero-order chi connectivity index (χ0) is 6.95. The van der Waals surface area contributed by atoms with E-state index in [0.29, 0.717) is 0 Å². The maximum absolute atomic E-state index is 8.20. The van der Waals surface area contributed by atoms with Crippen LogP contribution in [0.1, 0.15) is 0 Å².